The number of Topliss-reactive ketones (excluding diaryl/α,β-unsaturated/α-hetero) is 1. The summed E-state index contributed by atoms with van der Waals surface area (Å²) in [6.07, 6.45) is -4.55. The molecule has 1 heterocycles. The zero-order valence-corrected chi connectivity index (χ0v) is 25.5. The van der Waals surface area contributed by atoms with Crippen LogP contribution in [0.5, 0.6) is 0 Å². The molecular formula is C29H39BF3N5O5S. The first-order valence-electron chi connectivity index (χ1n) is 14.2. The predicted molar refractivity (Wildman–Crippen MR) is 163 cm³/mol. The number of hydrogen-bond acceptors (Lipinski definition) is 9. The molecule has 0 unspecified atom stereocenters. The zero-order valence-electron chi connectivity index (χ0n) is 24.7. The van der Waals surface area contributed by atoms with Gasteiger partial charge in [-0.15, -0.1) is 11.8 Å². The number of nitrogens with one attached hydrogen (secondary N) is 1. The Labute approximate surface area is 259 Å². The van der Waals surface area contributed by atoms with Gasteiger partial charge in [0, 0.05) is 49.7 Å². The number of hydrogen-bond donors (Lipinski definition) is 5. The molecule has 2 aromatic rings. The lowest BCUT2D eigenvalue weighted by Gasteiger charge is -2.23. The van der Waals surface area contributed by atoms with Gasteiger partial charge in [-0.3, -0.25) is 14.4 Å². The van der Waals surface area contributed by atoms with Crippen molar-refractivity contribution in [2.75, 3.05) is 31.9 Å². The van der Waals surface area contributed by atoms with E-state index in [4.69, 9.17) is 21.9 Å². The highest BCUT2D eigenvalue weighted by atomic mass is 32.2. The lowest BCUT2D eigenvalue weighted by Crippen LogP contribution is -2.50. The largest absolute Gasteiger partial charge is 0.492 e. The highest BCUT2D eigenvalue weighted by molar-refractivity contribution is 7.99. The number of ketones is 1. The summed E-state index contributed by atoms with van der Waals surface area (Å²) in [5.74, 6) is -1.21. The second-order valence-corrected chi connectivity index (χ2v) is 12.1. The molecule has 0 saturated carbocycles. The topological polar surface area (TPSA) is 174 Å². The van der Waals surface area contributed by atoms with E-state index in [0.717, 1.165) is 29.5 Å². The zero-order chi connectivity index (χ0) is 32.7. The molecule has 0 saturated heterocycles. The van der Waals surface area contributed by atoms with Crippen LogP contribution in [0.1, 0.15) is 43.4 Å². The van der Waals surface area contributed by atoms with Crippen molar-refractivity contribution in [1.82, 2.24) is 10.2 Å². The second-order valence-electron chi connectivity index (χ2n) is 11.0. The summed E-state index contributed by atoms with van der Waals surface area (Å²) in [5, 5.41) is 12.9. The van der Waals surface area contributed by atoms with Crippen molar-refractivity contribution < 1.29 is 37.2 Å². The average Bonchev–Trinajstić information content (AvgIpc) is 3.20. The van der Waals surface area contributed by atoms with Crippen molar-refractivity contribution in [2.45, 2.75) is 61.9 Å². The summed E-state index contributed by atoms with van der Waals surface area (Å²) in [5.41, 5.74) is 17.6. The van der Waals surface area contributed by atoms with E-state index in [1.165, 1.54) is 17.0 Å². The van der Waals surface area contributed by atoms with Crippen LogP contribution in [0.4, 0.5) is 13.2 Å². The first kappa shape index (κ1) is 35.5. The van der Waals surface area contributed by atoms with Gasteiger partial charge in [-0.2, -0.15) is 13.2 Å². The number of rotatable bonds is 15. The van der Waals surface area contributed by atoms with Gasteiger partial charge in [0.15, 0.2) is 5.78 Å². The monoisotopic (exact) mass is 637 g/mol. The Morgan fingerprint density at radius 2 is 1.73 bits per heavy atom. The number of halogens is 3. The van der Waals surface area contributed by atoms with Crippen LogP contribution >= 0.6 is 11.8 Å². The maximum absolute atomic E-state index is 13.5. The van der Waals surface area contributed by atoms with E-state index in [1.54, 1.807) is 32.0 Å². The van der Waals surface area contributed by atoms with Gasteiger partial charge in [0.05, 0.1) is 23.2 Å². The summed E-state index contributed by atoms with van der Waals surface area (Å²) < 4.78 is 44.5. The third-order valence-electron chi connectivity index (χ3n) is 7.28. The van der Waals surface area contributed by atoms with Crippen molar-refractivity contribution in [3.8, 4) is 0 Å². The summed E-state index contributed by atoms with van der Waals surface area (Å²) in [6, 6.07) is 7.53. The van der Waals surface area contributed by atoms with Crippen LogP contribution in [0.25, 0.3) is 0 Å². The number of nitrogens with two attached hydrogens (primary N) is 3. The lowest BCUT2D eigenvalue weighted by atomic mass is 9.77. The Bertz CT molecular complexity index is 1310. The highest BCUT2D eigenvalue weighted by Crippen LogP contribution is 2.32. The van der Waals surface area contributed by atoms with Gasteiger partial charge in [-0.05, 0) is 61.1 Å². The number of benzene rings is 2. The van der Waals surface area contributed by atoms with Crippen LogP contribution in [-0.2, 0) is 37.2 Å². The minimum absolute atomic E-state index is 0.0193. The Hall–Kier alpha value is -2.95. The fraction of sp³-hybridized carbons (Fsp3) is 0.483. The average molecular weight is 638 g/mol. The molecule has 10 nitrogen and oxygen atoms in total. The SMILES string of the molecule is CC1(C)OB(O)c2ccc(CC(=O)[C@@H](CSc3ccc(C(F)(F)F)cc3)NC(=O)[C@@H](N)CCC(=O)N(CCN)CCN)cc21. The molecule has 8 N–H and O–H groups in total. The Morgan fingerprint density at radius 1 is 1.09 bits per heavy atom. The van der Waals surface area contributed by atoms with Gasteiger partial charge in [-0.25, -0.2) is 0 Å². The molecule has 3 rings (SSSR count). The maximum Gasteiger partial charge on any atom is 0.492 e. The number of nitrogens with zero attached hydrogens (tertiary/aromatic N) is 1. The molecule has 240 valence electrons. The molecule has 1 aliphatic rings. The molecule has 0 fully saturated rings. The maximum atomic E-state index is 13.5. The van der Waals surface area contributed by atoms with Crippen molar-refractivity contribution in [3.63, 3.8) is 0 Å². The number of amides is 2. The first-order valence-corrected chi connectivity index (χ1v) is 15.2. The number of thioether (sulfide) groups is 1. The molecule has 1 aliphatic heterocycles. The van der Waals surface area contributed by atoms with Gasteiger partial charge in [0.1, 0.15) is 0 Å². The van der Waals surface area contributed by atoms with E-state index in [1.807, 2.05) is 0 Å². The minimum atomic E-state index is -4.48. The van der Waals surface area contributed by atoms with Crippen molar-refractivity contribution >= 4 is 41.9 Å². The van der Waals surface area contributed by atoms with E-state index >= 15 is 0 Å². The Morgan fingerprint density at radius 3 is 2.32 bits per heavy atom. The van der Waals surface area contributed by atoms with E-state index in [0.29, 0.717) is 29.0 Å². The van der Waals surface area contributed by atoms with Gasteiger partial charge in [-0.1, -0.05) is 18.2 Å². The highest BCUT2D eigenvalue weighted by Gasteiger charge is 2.40. The number of carbonyl (C=O) groups is 3. The molecule has 0 aliphatic carbocycles. The standard InChI is InChI=1S/C29H39BF3N5O5S/c1-28(2)21-15-18(3-8-22(21)30(42)43-28)16-25(39)24(17-44-20-6-4-19(5-7-20)29(31,32)33)37-27(41)23(36)9-10-26(40)38(13-11-34)14-12-35/h3-8,15,23-24,42H,9-14,16-17,34-36H2,1-2H3,(H,37,41)/t23-,24+/m0/s1. The van der Waals surface area contributed by atoms with Crippen LogP contribution in [0.15, 0.2) is 47.4 Å². The summed E-state index contributed by atoms with van der Waals surface area (Å²) in [4.78, 5) is 41.1. The van der Waals surface area contributed by atoms with Crippen LogP contribution < -0.4 is 28.0 Å². The summed E-state index contributed by atoms with van der Waals surface area (Å²) in [7, 11) is -1.08. The fourth-order valence-corrected chi connectivity index (χ4v) is 5.79. The van der Waals surface area contributed by atoms with E-state index < -0.39 is 42.5 Å². The number of carbonyl (C=O) groups excluding carboxylic acids is 3. The number of alkyl halides is 3. The summed E-state index contributed by atoms with van der Waals surface area (Å²) >= 11 is 1.11. The van der Waals surface area contributed by atoms with Crippen molar-refractivity contribution in [1.29, 1.82) is 0 Å². The third-order valence-corrected chi connectivity index (χ3v) is 8.38. The molecular weight excluding hydrogens is 598 g/mol. The molecule has 15 heteroatoms. The molecule has 2 aromatic carbocycles. The molecule has 0 radical (unpaired) electrons. The normalized spacial score (nSPS) is 15.4. The molecule has 2 amide bonds. The van der Waals surface area contributed by atoms with Crippen LogP contribution in [0.3, 0.4) is 0 Å². The number of fused-ring (bicyclic) bond motifs is 1. The molecule has 0 aromatic heterocycles. The quantitative estimate of drug-likeness (QED) is 0.140. The first-order chi connectivity index (χ1) is 20.7. The minimum Gasteiger partial charge on any atom is -0.423 e. The Balaban J connectivity index is 1.72. The lowest BCUT2D eigenvalue weighted by molar-refractivity contribution is -0.137. The van der Waals surface area contributed by atoms with Gasteiger partial charge >= 0.3 is 13.3 Å². The van der Waals surface area contributed by atoms with E-state index in [-0.39, 0.29) is 49.8 Å². The van der Waals surface area contributed by atoms with Crippen molar-refractivity contribution in [2.24, 2.45) is 17.2 Å². The van der Waals surface area contributed by atoms with Gasteiger partial charge in [0.25, 0.3) is 0 Å². The van der Waals surface area contributed by atoms with Crippen LogP contribution in [-0.4, -0.2) is 78.7 Å². The Kier molecular flexibility index (Phi) is 12.4. The molecule has 0 bridgehead atoms. The van der Waals surface area contributed by atoms with E-state index in [9.17, 15) is 32.6 Å². The van der Waals surface area contributed by atoms with Crippen LogP contribution in [0, 0.1) is 0 Å². The van der Waals surface area contributed by atoms with E-state index in [2.05, 4.69) is 5.32 Å². The van der Waals surface area contributed by atoms with Gasteiger partial charge in [0.2, 0.25) is 11.8 Å². The second kappa shape index (κ2) is 15.4. The molecule has 2 atom stereocenters. The van der Waals surface area contributed by atoms with Crippen molar-refractivity contribution in [3.05, 3.63) is 59.2 Å². The fourth-order valence-electron chi connectivity index (χ4n) is 4.84. The smallest absolute Gasteiger partial charge is 0.423 e. The predicted octanol–water partition coefficient (Wildman–Crippen LogP) is 0.900. The van der Waals surface area contributed by atoms with Gasteiger partial charge < -0.3 is 37.1 Å². The van der Waals surface area contributed by atoms with Crippen LogP contribution in [0.2, 0.25) is 0 Å². The molecule has 0 spiro atoms. The summed E-state index contributed by atoms with van der Waals surface area (Å²) in [6.45, 7) is 4.76. The molecule has 44 heavy (non-hydrogen) atoms. The third kappa shape index (κ3) is 9.53.